The van der Waals surface area contributed by atoms with Gasteiger partial charge in [-0.2, -0.15) is 0 Å². The first kappa shape index (κ1) is 17.4. The van der Waals surface area contributed by atoms with Crippen LogP contribution in [0.1, 0.15) is 31.2 Å². The molecule has 25 heavy (non-hydrogen) atoms. The van der Waals surface area contributed by atoms with Crippen molar-refractivity contribution >= 4 is 5.96 Å². The van der Waals surface area contributed by atoms with Gasteiger partial charge in [0.2, 0.25) is 0 Å². The van der Waals surface area contributed by atoms with Crippen LogP contribution in [0, 0.1) is 5.82 Å². The first-order valence-corrected chi connectivity index (χ1v) is 8.75. The van der Waals surface area contributed by atoms with Gasteiger partial charge in [0.25, 0.3) is 0 Å². The van der Waals surface area contributed by atoms with E-state index in [1.165, 1.54) is 6.07 Å². The third-order valence-electron chi connectivity index (χ3n) is 4.72. The molecule has 1 aliphatic carbocycles. The Morgan fingerprint density at radius 3 is 2.64 bits per heavy atom. The van der Waals surface area contributed by atoms with Crippen LogP contribution in [0.3, 0.4) is 0 Å². The minimum absolute atomic E-state index is 0.0859. The van der Waals surface area contributed by atoms with Crippen LogP contribution in [-0.2, 0) is 12.0 Å². The third-order valence-corrected chi connectivity index (χ3v) is 4.72. The van der Waals surface area contributed by atoms with Gasteiger partial charge in [0.15, 0.2) is 5.96 Å². The largest absolute Gasteiger partial charge is 0.356 e. The van der Waals surface area contributed by atoms with Crippen molar-refractivity contribution in [2.45, 2.75) is 37.6 Å². The highest BCUT2D eigenvalue weighted by Gasteiger charge is 2.45. The summed E-state index contributed by atoms with van der Waals surface area (Å²) in [6.45, 7) is 2.46. The third kappa shape index (κ3) is 4.55. The lowest BCUT2D eigenvalue weighted by atomic mass is 9.95. The van der Waals surface area contributed by atoms with Gasteiger partial charge in [-0.05, 0) is 37.3 Å². The summed E-state index contributed by atoms with van der Waals surface area (Å²) in [5.41, 5.74) is 0.726. The number of guanidine groups is 1. The molecule has 0 saturated heterocycles. The predicted octanol–water partition coefficient (Wildman–Crippen LogP) is 2.09. The van der Waals surface area contributed by atoms with E-state index in [0.717, 1.165) is 50.3 Å². The Balaban J connectivity index is 1.40. The molecule has 1 aromatic heterocycles. The molecular formula is C18H25FN6. The maximum atomic E-state index is 14.1. The zero-order valence-corrected chi connectivity index (χ0v) is 14.6. The van der Waals surface area contributed by atoms with Gasteiger partial charge in [-0.25, -0.2) is 4.39 Å². The Kier molecular flexibility index (Phi) is 5.63. The number of aryl methyl sites for hydroxylation is 1. The Hall–Kier alpha value is -2.44. The fraction of sp³-hybridized carbons (Fsp3) is 0.500. The summed E-state index contributed by atoms with van der Waals surface area (Å²) in [5.74, 6) is 0.658. The van der Waals surface area contributed by atoms with E-state index in [-0.39, 0.29) is 11.2 Å². The van der Waals surface area contributed by atoms with E-state index in [2.05, 4.69) is 25.8 Å². The Morgan fingerprint density at radius 1 is 1.20 bits per heavy atom. The second kappa shape index (κ2) is 8.09. The molecular weight excluding hydrogens is 319 g/mol. The lowest BCUT2D eigenvalue weighted by Crippen LogP contribution is -2.41. The van der Waals surface area contributed by atoms with E-state index in [1.807, 2.05) is 16.7 Å². The average molecular weight is 344 g/mol. The summed E-state index contributed by atoms with van der Waals surface area (Å²) >= 11 is 0. The van der Waals surface area contributed by atoms with Crippen molar-refractivity contribution in [3.8, 4) is 0 Å². The highest BCUT2D eigenvalue weighted by Crippen LogP contribution is 2.48. The Bertz CT molecular complexity index is 693. The number of hydrogen-bond acceptors (Lipinski definition) is 3. The number of rotatable bonds is 8. The molecule has 0 amide bonds. The number of unbranched alkanes of at least 4 members (excludes halogenated alkanes) is 1. The lowest BCUT2D eigenvalue weighted by Gasteiger charge is -2.19. The standard InChI is InChI=1S/C18H25FN6/c1-20-17(21-10-4-5-11-25-13-23-24-14-25)22-12-18(8-9-18)15-6-2-3-7-16(15)19/h2-3,6-7,13-14H,4-5,8-12H2,1H3,(H2,20,21,22). The normalized spacial score (nSPS) is 15.8. The minimum atomic E-state index is -0.112. The summed E-state index contributed by atoms with van der Waals surface area (Å²) in [6, 6.07) is 7.08. The van der Waals surface area contributed by atoms with Gasteiger partial charge in [-0.3, -0.25) is 4.99 Å². The van der Waals surface area contributed by atoms with Crippen LogP contribution < -0.4 is 10.6 Å². The molecule has 1 fully saturated rings. The van der Waals surface area contributed by atoms with E-state index in [0.29, 0.717) is 6.54 Å². The number of nitrogens with zero attached hydrogens (tertiary/aromatic N) is 4. The first-order valence-electron chi connectivity index (χ1n) is 8.75. The van der Waals surface area contributed by atoms with Gasteiger partial charge < -0.3 is 15.2 Å². The van der Waals surface area contributed by atoms with E-state index in [1.54, 1.807) is 25.8 Å². The molecule has 0 aliphatic heterocycles. The molecule has 1 heterocycles. The number of aliphatic imine (C=N–C) groups is 1. The van der Waals surface area contributed by atoms with E-state index in [9.17, 15) is 4.39 Å². The number of hydrogen-bond donors (Lipinski definition) is 2. The molecule has 0 spiro atoms. The summed E-state index contributed by atoms with van der Waals surface area (Å²) in [4.78, 5) is 4.26. The second-order valence-electron chi connectivity index (χ2n) is 6.52. The van der Waals surface area contributed by atoms with Crippen LogP contribution in [0.25, 0.3) is 0 Å². The summed E-state index contributed by atoms with van der Waals surface area (Å²) in [5, 5.41) is 14.2. The number of aromatic nitrogens is 3. The van der Waals surface area contributed by atoms with Crippen LogP contribution >= 0.6 is 0 Å². The minimum Gasteiger partial charge on any atom is -0.356 e. The van der Waals surface area contributed by atoms with Gasteiger partial charge in [-0.1, -0.05) is 18.2 Å². The topological polar surface area (TPSA) is 67.1 Å². The molecule has 1 aromatic carbocycles. The lowest BCUT2D eigenvalue weighted by molar-refractivity contribution is 0.557. The molecule has 0 atom stereocenters. The van der Waals surface area contributed by atoms with Crippen molar-refractivity contribution in [3.63, 3.8) is 0 Å². The van der Waals surface area contributed by atoms with Gasteiger partial charge in [0.05, 0.1) is 0 Å². The van der Waals surface area contributed by atoms with Crippen molar-refractivity contribution in [3.05, 3.63) is 48.3 Å². The summed E-state index contributed by atoms with van der Waals surface area (Å²) in [6.07, 6.45) is 7.55. The first-order chi connectivity index (χ1) is 12.2. The maximum absolute atomic E-state index is 14.1. The molecule has 1 saturated carbocycles. The average Bonchev–Trinajstić information content (AvgIpc) is 3.23. The van der Waals surface area contributed by atoms with E-state index < -0.39 is 0 Å². The van der Waals surface area contributed by atoms with Crippen molar-refractivity contribution in [2.75, 3.05) is 20.1 Å². The fourth-order valence-electron chi connectivity index (χ4n) is 3.02. The molecule has 2 aromatic rings. The van der Waals surface area contributed by atoms with Crippen LogP contribution in [0.5, 0.6) is 0 Å². The molecule has 2 N–H and O–H groups in total. The van der Waals surface area contributed by atoms with Crippen molar-refractivity contribution in [2.24, 2.45) is 4.99 Å². The zero-order chi connectivity index (χ0) is 17.5. The monoisotopic (exact) mass is 344 g/mol. The molecule has 0 radical (unpaired) electrons. The second-order valence-corrected chi connectivity index (χ2v) is 6.52. The summed E-state index contributed by atoms with van der Waals surface area (Å²) in [7, 11) is 1.76. The Labute approximate surface area is 147 Å². The smallest absolute Gasteiger partial charge is 0.191 e. The SMILES string of the molecule is CN=C(NCCCCn1cnnc1)NCC1(c2ccccc2F)CC1. The quantitative estimate of drug-likeness (QED) is 0.437. The predicted molar refractivity (Wildman–Crippen MR) is 95.9 cm³/mol. The summed E-state index contributed by atoms with van der Waals surface area (Å²) < 4.78 is 16.0. The highest BCUT2D eigenvalue weighted by molar-refractivity contribution is 5.79. The van der Waals surface area contributed by atoms with Gasteiger partial charge >= 0.3 is 0 Å². The van der Waals surface area contributed by atoms with Gasteiger partial charge in [0.1, 0.15) is 18.5 Å². The molecule has 134 valence electrons. The fourth-order valence-corrected chi connectivity index (χ4v) is 3.02. The van der Waals surface area contributed by atoms with Gasteiger partial charge in [-0.15, -0.1) is 10.2 Å². The highest BCUT2D eigenvalue weighted by atomic mass is 19.1. The maximum Gasteiger partial charge on any atom is 0.191 e. The number of nitrogens with one attached hydrogen (secondary N) is 2. The van der Waals surface area contributed by atoms with Crippen LogP contribution in [0.15, 0.2) is 41.9 Å². The molecule has 6 nitrogen and oxygen atoms in total. The van der Waals surface area contributed by atoms with Crippen molar-refractivity contribution in [1.29, 1.82) is 0 Å². The Morgan fingerprint density at radius 2 is 1.96 bits per heavy atom. The number of benzene rings is 1. The number of halogens is 1. The molecule has 7 heteroatoms. The van der Waals surface area contributed by atoms with E-state index >= 15 is 0 Å². The van der Waals surface area contributed by atoms with Crippen molar-refractivity contribution in [1.82, 2.24) is 25.4 Å². The molecule has 0 unspecified atom stereocenters. The zero-order valence-electron chi connectivity index (χ0n) is 14.6. The van der Waals surface area contributed by atoms with Gasteiger partial charge in [0, 0.05) is 32.1 Å². The van der Waals surface area contributed by atoms with Crippen LogP contribution in [0.4, 0.5) is 4.39 Å². The molecule has 1 aliphatic rings. The van der Waals surface area contributed by atoms with Crippen LogP contribution in [-0.4, -0.2) is 40.9 Å². The van der Waals surface area contributed by atoms with Crippen molar-refractivity contribution < 1.29 is 4.39 Å². The molecule has 3 rings (SSSR count). The molecule has 0 bridgehead atoms. The van der Waals surface area contributed by atoms with Crippen LogP contribution in [0.2, 0.25) is 0 Å². The van der Waals surface area contributed by atoms with E-state index in [4.69, 9.17) is 0 Å².